The lowest BCUT2D eigenvalue weighted by molar-refractivity contribution is -0.289. The molecule has 0 spiro atoms. The number of hydrogen-bond donors (Lipinski definition) is 9. The van der Waals surface area contributed by atoms with E-state index in [2.05, 4.69) is 0 Å². The molecule has 3 aliphatic heterocycles. The number of aromatic hydroxyl groups is 3. The normalized spacial score (nSPS) is 35.1. The zero-order valence-corrected chi connectivity index (χ0v) is 21.3. The molecule has 2 fully saturated rings. The maximum atomic E-state index is 12.8. The Balaban J connectivity index is 1.30. The minimum atomic E-state index is -1.95. The van der Waals surface area contributed by atoms with Gasteiger partial charge in [0.25, 0.3) is 0 Å². The number of Topliss-reactive ketones (excluding diaryl/α,β-unsaturated/α-hetero) is 1. The first-order chi connectivity index (χ1) is 19.4. The molecule has 9 atom stereocenters. The van der Waals surface area contributed by atoms with E-state index in [1.54, 1.807) is 0 Å². The second kappa shape index (κ2) is 11.2. The average Bonchev–Trinajstić information content (AvgIpc) is 3.23. The number of rotatable bonds is 7. The van der Waals surface area contributed by atoms with E-state index < -0.39 is 91.9 Å². The third-order valence-electron chi connectivity index (χ3n) is 7.27. The van der Waals surface area contributed by atoms with Gasteiger partial charge in [-0.1, -0.05) is 6.07 Å². The molecule has 0 amide bonds. The van der Waals surface area contributed by atoms with Gasteiger partial charge in [-0.3, -0.25) is 4.79 Å². The van der Waals surface area contributed by atoms with Crippen molar-refractivity contribution in [2.24, 2.45) is 0 Å². The number of aliphatic hydroxyl groups is 6. The van der Waals surface area contributed by atoms with E-state index in [9.17, 15) is 50.8 Å². The van der Waals surface area contributed by atoms with Crippen molar-refractivity contribution in [1.29, 1.82) is 0 Å². The number of ether oxygens (including phenoxy) is 5. The van der Waals surface area contributed by atoms with E-state index in [4.69, 9.17) is 23.7 Å². The highest BCUT2D eigenvalue weighted by Gasteiger charge is 2.50. The molecular formula is C26H30O15. The molecule has 41 heavy (non-hydrogen) atoms. The van der Waals surface area contributed by atoms with Crippen LogP contribution in [0.5, 0.6) is 28.7 Å². The van der Waals surface area contributed by atoms with Gasteiger partial charge in [-0.25, -0.2) is 0 Å². The summed E-state index contributed by atoms with van der Waals surface area (Å²) in [5.41, 5.74) is -1.69. The van der Waals surface area contributed by atoms with Gasteiger partial charge in [0.1, 0.15) is 65.0 Å². The Morgan fingerprint density at radius 2 is 1.68 bits per heavy atom. The van der Waals surface area contributed by atoms with Gasteiger partial charge in [0.2, 0.25) is 6.29 Å². The van der Waals surface area contributed by atoms with Crippen molar-refractivity contribution < 1.29 is 74.4 Å². The van der Waals surface area contributed by atoms with Crippen molar-refractivity contribution in [2.75, 3.05) is 19.8 Å². The zero-order valence-electron chi connectivity index (χ0n) is 21.3. The van der Waals surface area contributed by atoms with Crippen molar-refractivity contribution in [3.8, 4) is 28.7 Å². The molecule has 224 valence electrons. The smallest absolute Gasteiger partial charge is 0.229 e. The third kappa shape index (κ3) is 5.51. The van der Waals surface area contributed by atoms with E-state index >= 15 is 0 Å². The summed E-state index contributed by atoms with van der Waals surface area (Å²) in [4.78, 5) is 12.8. The standard InChI is InChI=1S/C26H30O15/c27-8-26(36)9-38-25(23(26)35)37-7-18-20(32)21(33)22(34)24(41-18)39-11-4-14(30)19-15(31)6-16(40-17(19)5-11)10-1-2-12(28)13(29)3-10/h1-5,16,18,20-25,27-30,32-36H,6-9H2. The number of phenols is 3. The number of carbonyl (C=O) groups is 1. The molecule has 9 unspecified atom stereocenters. The number of fused-ring (bicyclic) bond motifs is 1. The van der Waals surface area contributed by atoms with Crippen molar-refractivity contribution in [1.82, 2.24) is 0 Å². The van der Waals surface area contributed by atoms with Crippen LogP contribution in [0.3, 0.4) is 0 Å². The summed E-state index contributed by atoms with van der Waals surface area (Å²) in [7, 11) is 0. The summed E-state index contributed by atoms with van der Waals surface area (Å²) >= 11 is 0. The predicted molar refractivity (Wildman–Crippen MR) is 131 cm³/mol. The van der Waals surface area contributed by atoms with E-state index in [-0.39, 0.29) is 29.2 Å². The van der Waals surface area contributed by atoms with Gasteiger partial charge in [-0.2, -0.15) is 0 Å². The first kappa shape index (κ1) is 29.2. The Morgan fingerprint density at radius 3 is 2.37 bits per heavy atom. The second-order valence-electron chi connectivity index (χ2n) is 10.1. The topological polar surface area (TPSA) is 245 Å². The van der Waals surface area contributed by atoms with E-state index in [0.717, 1.165) is 6.07 Å². The van der Waals surface area contributed by atoms with Crippen LogP contribution < -0.4 is 9.47 Å². The molecule has 2 aromatic rings. The van der Waals surface area contributed by atoms with Crippen LogP contribution in [-0.2, 0) is 14.2 Å². The first-order valence-corrected chi connectivity index (χ1v) is 12.6. The maximum Gasteiger partial charge on any atom is 0.229 e. The molecule has 3 aliphatic rings. The largest absolute Gasteiger partial charge is 0.507 e. The van der Waals surface area contributed by atoms with Crippen LogP contribution in [0.2, 0.25) is 0 Å². The summed E-state index contributed by atoms with van der Waals surface area (Å²) in [6.45, 7) is -1.71. The first-order valence-electron chi connectivity index (χ1n) is 12.6. The highest BCUT2D eigenvalue weighted by Crippen LogP contribution is 2.43. The SMILES string of the molecule is O=C1CC(c2ccc(O)c(O)c2)Oc2cc(OC3OC(COC4OCC(O)(CO)C4O)C(O)C(O)C3O)cc(O)c21. The molecule has 0 bridgehead atoms. The Hall–Kier alpha value is -3.25. The molecular weight excluding hydrogens is 552 g/mol. The quantitative estimate of drug-likeness (QED) is 0.163. The number of phenolic OH excluding ortho intramolecular Hbond substituents is 3. The summed E-state index contributed by atoms with van der Waals surface area (Å²) in [5.74, 6) is -1.96. The second-order valence-corrected chi connectivity index (χ2v) is 10.1. The third-order valence-corrected chi connectivity index (χ3v) is 7.27. The highest BCUT2D eigenvalue weighted by molar-refractivity contribution is 6.02. The molecule has 3 heterocycles. The van der Waals surface area contributed by atoms with Crippen LogP contribution in [-0.4, -0.2) is 120 Å². The zero-order chi connectivity index (χ0) is 29.6. The molecule has 9 N–H and O–H groups in total. The summed E-state index contributed by atoms with van der Waals surface area (Å²) in [6.07, 6.45) is -12.2. The molecule has 2 aromatic carbocycles. The number of benzene rings is 2. The van der Waals surface area contributed by atoms with Gasteiger partial charge in [0, 0.05) is 12.1 Å². The summed E-state index contributed by atoms with van der Waals surface area (Å²) < 4.78 is 27.6. The van der Waals surface area contributed by atoms with Crippen LogP contribution in [0, 0.1) is 0 Å². The molecule has 15 nitrogen and oxygen atoms in total. The summed E-state index contributed by atoms with van der Waals surface area (Å²) in [5, 5.41) is 90.7. The monoisotopic (exact) mass is 582 g/mol. The van der Waals surface area contributed by atoms with Gasteiger partial charge in [-0.05, 0) is 17.7 Å². The highest BCUT2D eigenvalue weighted by atomic mass is 16.7. The lowest BCUT2D eigenvalue weighted by Crippen LogP contribution is -2.60. The fourth-order valence-corrected chi connectivity index (χ4v) is 4.82. The van der Waals surface area contributed by atoms with Gasteiger partial charge in [0.15, 0.2) is 23.6 Å². The Bertz CT molecular complexity index is 1290. The predicted octanol–water partition coefficient (Wildman–Crippen LogP) is -1.85. The van der Waals surface area contributed by atoms with Crippen molar-refractivity contribution in [2.45, 2.75) is 61.2 Å². The Morgan fingerprint density at radius 1 is 0.927 bits per heavy atom. The lowest BCUT2D eigenvalue weighted by atomic mass is 9.95. The van der Waals surface area contributed by atoms with Crippen LogP contribution >= 0.6 is 0 Å². The average molecular weight is 583 g/mol. The van der Waals surface area contributed by atoms with Gasteiger partial charge in [-0.15, -0.1) is 0 Å². The van der Waals surface area contributed by atoms with Gasteiger partial charge < -0.3 is 69.6 Å². The molecule has 5 rings (SSSR count). The lowest BCUT2D eigenvalue weighted by Gasteiger charge is -2.40. The number of hydrogen-bond acceptors (Lipinski definition) is 15. The molecule has 15 heteroatoms. The van der Waals surface area contributed by atoms with Crippen molar-refractivity contribution >= 4 is 5.78 Å². The number of carbonyl (C=O) groups excluding carboxylic acids is 1. The van der Waals surface area contributed by atoms with E-state index in [1.807, 2.05) is 0 Å². The molecule has 0 aliphatic carbocycles. The fourth-order valence-electron chi connectivity index (χ4n) is 4.82. The molecule has 0 radical (unpaired) electrons. The van der Waals surface area contributed by atoms with Crippen molar-refractivity contribution in [3.63, 3.8) is 0 Å². The van der Waals surface area contributed by atoms with E-state index in [0.29, 0.717) is 5.56 Å². The fraction of sp³-hybridized carbons (Fsp3) is 0.500. The minimum Gasteiger partial charge on any atom is -0.507 e. The van der Waals surface area contributed by atoms with Crippen LogP contribution in [0.15, 0.2) is 30.3 Å². The van der Waals surface area contributed by atoms with Crippen LogP contribution in [0.25, 0.3) is 0 Å². The number of aliphatic hydroxyl groups excluding tert-OH is 5. The Kier molecular flexibility index (Phi) is 7.99. The van der Waals surface area contributed by atoms with E-state index in [1.165, 1.54) is 24.3 Å². The van der Waals surface area contributed by atoms with Crippen LogP contribution in [0.4, 0.5) is 0 Å². The van der Waals surface area contributed by atoms with Gasteiger partial charge >= 0.3 is 0 Å². The molecule has 2 saturated heterocycles. The molecule has 0 saturated carbocycles. The Labute approximate surface area is 231 Å². The van der Waals surface area contributed by atoms with Gasteiger partial charge in [0.05, 0.1) is 26.2 Å². The maximum absolute atomic E-state index is 12.8. The number of ketones is 1. The minimum absolute atomic E-state index is 0.0803. The summed E-state index contributed by atoms with van der Waals surface area (Å²) in [6, 6.07) is 6.25. The molecule has 0 aromatic heterocycles. The van der Waals surface area contributed by atoms with Crippen LogP contribution in [0.1, 0.15) is 28.4 Å². The van der Waals surface area contributed by atoms with Crippen molar-refractivity contribution in [3.05, 3.63) is 41.5 Å².